The topological polar surface area (TPSA) is 77.2 Å². The first-order valence-electron chi connectivity index (χ1n) is 5.90. The molecule has 100 valence electrons. The summed E-state index contributed by atoms with van der Waals surface area (Å²) in [5.74, 6) is 0.200. The molecule has 0 aliphatic rings. The average molecular weight is 251 g/mol. The number of hydrogen-bond donors (Lipinski definition) is 2. The Morgan fingerprint density at radius 1 is 1.44 bits per heavy atom. The molecule has 0 aliphatic heterocycles. The number of ether oxygens (including phenoxy) is 1. The second kappa shape index (κ2) is 5.82. The minimum atomic E-state index is -0.161. The maximum absolute atomic E-state index is 11.9. The van der Waals surface area contributed by atoms with Gasteiger partial charge in [-0.25, -0.2) is 4.98 Å². The van der Waals surface area contributed by atoms with Crippen molar-refractivity contribution in [1.82, 2.24) is 10.3 Å². The van der Waals surface area contributed by atoms with Gasteiger partial charge in [0, 0.05) is 30.3 Å². The predicted octanol–water partition coefficient (Wildman–Crippen LogP) is 1.34. The van der Waals surface area contributed by atoms with E-state index in [9.17, 15) is 4.79 Å². The summed E-state index contributed by atoms with van der Waals surface area (Å²) in [6.07, 6.45) is 0. The molecule has 0 aromatic carbocycles. The molecule has 0 atom stereocenters. The summed E-state index contributed by atoms with van der Waals surface area (Å²) in [6, 6.07) is 3.36. The normalized spacial score (nSPS) is 11.3. The first-order chi connectivity index (χ1) is 8.34. The van der Waals surface area contributed by atoms with E-state index in [2.05, 4.69) is 10.3 Å². The lowest BCUT2D eigenvalue weighted by molar-refractivity contribution is 0.0937. The summed E-state index contributed by atoms with van der Waals surface area (Å²) < 4.78 is 4.88. The van der Waals surface area contributed by atoms with Gasteiger partial charge < -0.3 is 15.8 Å². The van der Waals surface area contributed by atoms with Crippen molar-refractivity contribution in [1.29, 1.82) is 0 Å². The molecule has 1 amide bonds. The Balaban J connectivity index is 2.89. The molecule has 0 aliphatic carbocycles. The van der Waals surface area contributed by atoms with Crippen LogP contribution in [0.25, 0.3) is 0 Å². The van der Waals surface area contributed by atoms with E-state index < -0.39 is 0 Å². The largest absolute Gasteiger partial charge is 0.384 e. The number of anilines is 1. The van der Waals surface area contributed by atoms with Gasteiger partial charge in [0.1, 0.15) is 5.82 Å². The standard InChI is InChI=1S/C13H21N3O2/c1-13(2,3)10-7-9(8-11(14)16-10)12(17)15-5-6-18-4/h7-8H,5-6H2,1-4H3,(H2,14,16)(H,15,17). The Kier molecular flexibility index (Phi) is 4.67. The van der Waals surface area contributed by atoms with Crippen LogP contribution in [0.5, 0.6) is 0 Å². The van der Waals surface area contributed by atoms with Crippen LogP contribution < -0.4 is 11.1 Å². The number of pyridine rings is 1. The first-order valence-corrected chi connectivity index (χ1v) is 5.90. The number of nitrogen functional groups attached to an aromatic ring is 1. The molecule has 0 saturated carbocycles. The van der Waals surface area contributed by atoms with E-state index in [-0.39, 0.29) is 11.3 Å². The van der Waals surface area contributed by atoms with Gasteiger partial charge in [0.2, 0.25) is 0 Å². The van der Waals surface area contributed by atoms with Gasteiger partial charge >= 0.3 is 0 Å². The summed E-state index contributed by atoms with van der Waals surface area (Å²) >= 11 is 0. The lowest BCUT2D eigenvalue weighted by atomic mass is 9.90. The van der Waals surface area contributed by atoms with Crippen LogP contribution in [0.3, 0.4) is 0 Å². The molecule has 0 bridgehead atoms. The number of rotatable bonds is 4. The van der Waals surface area contributed by atoms with Gasteiger partial charge in [-0.2, -0.15) is 0 Å². The zero-order chi connectivity index (χ0) is 13.8. The van der Waals surface area contributed by atoms with Gasteiger partial charge in [-0.05, 0) is 12.1 Å². The molecular formula is C13H21N3O2. The Labute approximate surface area is 108 Å². The molecule has 1 aromatic heterocycles. The molecule has 1 aromatic rings. The van der Waals surface area contributed by atoms with Gasteiger partial charge in [0.15, 0.2) is 0 Å². The molecule has 0 radical (unpaired) electrons. The van der Waals surface area contributed by atoms with Crippen molar-refractivity contribution in [2.75, 3.05) is 26.0 Å². The highest BCUT2D eigenvalue weighted by Crippen LogP contribution is 2.22. The summed E-state index contributed by atoms with van der Waals surface area (Å²) in [4.78, 5) is 16.2. The number of hydrogen-bond acceptors (Lipinski definition) is 4. The van der Waals surface area contributed by atoms with Crippen molar-refractivity contribution in [3.05, 3.63) is 23.4 Å². The summed E-state index contributed by atoms with van der Waals surface area (Å²) in [6.45, 7) is 7.05. The van der Waals surface area contributed by atoms with E-state index in [0.29, 0.717) is 24.5 Å². The Morgan fingerprint density at radius 3 is 2.67 bits per heavy atom. The smallest absolute Gasteiger partial charge is 0.251 e. The van der Waals surface area contributed by atoms with E-state index >= 15 is 0 Å². The number of amides is 1. The van der Waals surface area contributed by atoms with Gasteiger partial charge in [0.25, 0.3) is 5.91 Å². The predicted molar refractivity (Wildman–Crippen MR) is 71.6 cm³/mol. The third-order valence-corrected chi connectivity index (χ3v) is 2.47. The van der Waals surface area contributed by atoms with Crippen molar-refractivity contribution in [2.24, 2.45) is 0 Å². The SMILES string of the molecule is COCCNC(=O)c1cc(N)nc(C(C)(C)C)c1. The second-order valence-electron chi connectivity index (χ2n) is 5.16. The highest BCUT2D eigenvalue weighted by atomic mass is 16.5. The zero-order valence-electron chi connectivity index (χ0n) is 11.4. The van der Waals surface area contributed by atoms with Gasteiger partial charge in [-0.1, -0.05) is 20.8 Å². The molecule has 18 heavy (non-hydrogen) atoms. The zero-order valence-corrected chi connectivity index (χ0v) is 11.4. The number of carbonyl (C=O) groups excluding carboxylic acids is 1. The number of nitrogens with two attached hydrogens (primary N) is 1. The van der Waals surface area contributed by atoms with Crippen LogP contribution in [0, 0.1) is 0 Å². The van der Waals surface area contributed by atoms with Crippen LogP contribution in [0.4, 0.5) is 5.82 Å². The Bertz CT molecular complexity index is 425. The van der Waals surface area contributed by atoms with Crippen LogP contribution in [-0.4, -0.2) is 31.2 Å². The molecular weight excluding hydrogens is 230 g/mol. The van der Waals surface area contributed by atoms with E-state index in [4.69, 9.17) is 10.5 Å². The lowest BCUT2D eigenvalue weighted by Gasteiger charge is -2.19. The summed E-state index contributed by atoms with van der Waals surface area (Å²) in [7, 11) is 1.59. The summed E-state index contributed by atoms with van der Waals surface area (Å²) in [5.41, 5.74) is 6.93. The Morgan fingerprint density at radius 2 is 2.11 bits per heavy atom. The van der Waals surface area contributed by atoms with Crippen LogP contribution in [0.1, 0.15) is 36.8 Å². The number of aromatic nitrogens is 1. The number of carbonyl (C=O) groups is 1. The van der Waals surface area contributed by atoms with Crippen LogP contribution in [0.15, 0.2) is 12.1 Å². The fraction of sp³-hybridized carbons (Fsp3) is 0.538. The van der Waals surface area contributed by atoms with Crippen LogP contribution in [-0.2, 0) is 10.2 Å². The van der Waals surface area contributed by atoms with E-state index in [1.54, 1.807) is 19.2 Å². The highest BCUT2D eigenvalue weighted by Gasteiger charge is 2.18. The maximum atomic E-state index is 11.9. The van der Waals surface area contributed by atoms with E-state index in [0.717, 1.165) is 5.69 Å². The van der Waals surface area contributed by atoms with Gasteiger partial charge in [0.05, 0.1) is 6.61 Å². The van der Waals surface area contributed by atoms with Crippen molar-refractivity contribution in [3.63, 3.8) is 0 Å². The molecule has 5 nitrogen and oxygen atoms in total. The highest BCUT2D eigenvalue weighted by molar-refractivity contribution is 5.94. The average Bonchev–Trinajstić information content (AvgIpc) is 2.27. The van der Waals surface area contributed by atoms with Crippen molar-refractivity contribution >= 4 is 11.7 Å². The van der Waals surface area contributed by atoms with E-state index in [1.165, 1.54) is 0 Å². The fourth-order valence-electron chi connectivity index (χ4n) is 1.44. The van der Waals surface area contributed by atoms with Gasteiger partial charge in [-0.3, -0.25) is 4.79 Å². The minimum Gasteiger partial charge on any atom is -0.384 e. The van der Waals surface area contributed by atoms with Crippen LogP contribution >= 0.6 is 0 Å². The molecule has 1 rings (SSSR count). The maximum Gasteiger partial charge on any atom is 0.251 e. The molecule has 1 heterocycles. The molecule has 0 saturated heterocycles. The molecule has 0 fully saturated rings. The fourth-order valence-corrected chi connectivity index (χ4v) is 1.44. The van der Waals surface area contributed by atoms with Gasteiger partial charge in [-0.15, -0.1) is 0 Å². The molecule has 3 N–H and O–H groups in total. The van der Waals surface area contributed by atoms with Crippen molar-refractivity contribution in [3.8, 4) is 0 Å². The third kappa shape index (κ3) is 4.00. The second-order valence-corrected chi connectivity index (χ2v) is 5.16. The lowest BCUT2D eigenvalue weighted by Crippen LogP contribution is -2.27. The number of methoxy groups -OCH3 is 1. The van der Waals surface area contributed by atoms with Crippen molar-refractivity contribution in [2.45, 2.75) is 26.2 Å². The van der Waals surface area contributed by atoms with Crippen molar-refractivity contribution < 1.29 is 9.53 Å². The number of nitrogens with one attached hydrogen (secondary N) is 1. The molecule has 0 unspecified atom stereocenters. The summed E-state index contributed by atoms with van der Waals surface area (Å²) in [5, 5.41) is 2.76. The van der Waals surface area contributed by atoms with Crippen LogP contribution in [0.2, 0.25) is 0 Å². The minimum absolute atomic E-state index is 0.142. The Hall–Kier alpha value is -1.62. The first kappa shape index (κ1) is 14.4. The number of nitrogens with zero attached hydrogens (tertiary/aromatic N) is 1. The monoisotopic (exact) mass is 251 g/mol. The molecule has 5 heteroatoms. The third-order valence-electron chi connectivity index (χ3n) is 2.47. The quantitative estimate of drug-likeness (QED) is 0.792. The molecule has 0 spiro atoms. The van der Waals surface area contributed by atoms with E-state index in [1.807, 2.05) is 20.8 Å².